The summed E-state index contributed by atoms with van der Waals surface area (Å²) in [5, 5.41) is 22.0. The SMILES string of the molecule is O=C(O)C[C@H](NC(=O)CCCc1csc(NC(=O)NCc2ccccc2)n1)C(=O)NCc1ccccc1. The van der Waals surface area contributed by atoms with E-state index in [0.717, 1.165) is 16.8 Å². The second-order valence-corrected chi connectivity index (χ2v) is 9.07. The van der Waals surface area contributed by atoms with Gasteiger partial charge in [-0.05, 0) is 24.0 Å². The zero-order valence-electron chi connectivity index (χ0n) is 20.1. The summed E-state index contributed by atoms with van der Waals surface area (Å²) in [7, 11) is 0. The Bertz CT molecular complexity index is 1190. The Morgan fingerprint density at radius 1 is 0.892 bits per heavy atom. The largest absolute Gasteiger partial charge is 0.481 e. The average Bonchev–Trinajstić information content (AvgIpc) is 3.33. The molecule has 0 radical (unpaired) electrons. The molecule has 0 fully saturated rings. The molecule has 0 aliphatic heterocycles. The van der Waals surface area contributed by atoms with Crippen LogP contribution < -0.4 is 21.3 Å². The maximum Gasteiger partial charge on any atom is 0.321 e. The molecule has 0 spiro atoms. The van der Waals surface area contributed by atoms with E-state index < -0.39 is 30.2 Å². The number of benzene rings is 2. The highest BCUT2D eigenvalue weighted by Crippen LogP contribution is 2.17. The number of nitrogens with one attached hydrogen (secondary N) is 4. The number of hydrogen-bond acceptors (Lipinski definition) is 6. The monoisotopic (exact) mass is 523 g/mol. The van der Waals surface area contributed by atoms with Crippen LogP contribution in [-0.2, 0) is 33.9 Å². The normalized spacial score (nSPS) is 11.2. The Morgan fingerprint density at radius 2 is 1.51 bits per heavy atom. The van der Waals surface area contributed by atoms with Crippen LogP contribution in [0.15, 0.2) is 66.0 Å². The van der Waals surface area contributed by atoms with Crippen LogP contribution in [0.25, 0.3) is 0 Å². The van der Waals surface area contributed by atoms with Gasteiger partial charge in [-0.25, -0.2) is 9.78 Å². The summed E-state index contributed by atoms with van der Waals surface area (Å²) in [5.74, 6) is -2.16. The molecule has 3 aromatic rings. The molecule has 194 valence electrons. The number of anilines is 1. The third-order valence-electron chi connectivity index (χ3n) is 5.24. The fourth-order valence-electron chi connectivity index (χ4n) is 3.39. The van der Waals surface area contributed by atoms with Gasteiger partial charge in [0.05, 0.1) is 12.1 Å². The number of hydrogen-bond donors (Lipinski definition) is 5. The van der Waals surface area contributed by atoms with Crippen LogP contribution in [0.1, 0.15) is 36.1 Å². The molecule has 1 heterocycles. The van der Waals surface area contributed by atoms with E-state index in [-0.39, 0.29) is 19.0 Å². The van der Waals surface area contributed by atoms with Gasteiger partial charge in [-0.15, -0.1) is 11.3 Å². The first-order valence-corrected chi connectivity index (χ1v) is 12.6. The quantitative estimate of drug-likeness (QED) is 0.232. The number of aliphatic carboxylic acids is 1. The number of carbonyl (C=O) groups excluding carboxylic acids is 3. The number of carboxylic acid groups (broad SMARTS) is 1. The van der Waals surface area contributed by atoms with Gasteiger partial charge >= 0.3 is 12.0 Å². The summed E-state index contributed by atoms with van der Waals surface area (Å²) in [6.45, 7) is 0.628. The minimum absolute atomic E-state index is 0.0972. The predicted molar refractivity (Wildman–Crippen MR) is 140 cm³/mol. The summed E-state index contributed by atoms with van der Waals surface area (Å²) in [6, 6.07) is 17.2. The molecular formula is C26H29N5O5S. The van der Waals surface area contributed by atoms with Gasteiger partial charge < -0.3 is 21.1 Å². The minimum Gasteiger partial charge on any atom is -0.481 e. The van der Waals surface area contributed by atoms with Crippen LogP contribution in [0.3, 0.4) is 0 Å². The van der Waals surface area contributed by atoms with Gasteiger partial charge in [-0.2, -0.15) is 0 Å². The molecule has 5 N–H and O–H groups in total. The zero-order valence-corrected chi connectivity index (χ0v) is 20.9. The highest BCUT2D eigenvalue weighted by molar-refractivity contribution is 7.13. The molecule has 1 aromatic heterocycles. The van der Waals surface area contributed by atoms with Gasteiger partial charge in [0.1, 0.15) is 6.04 Å². The van der Waals surface area contributed by atoms with Crippen LogP contribution in [0, 0.1) is 0 Å². The summed E-state index contributed by atoms with van der Waals surface area (Å²) < 4.78 is 0. The summed E-state index contributed by atoms with van der Waals surface area (Å²) >= 11 is 1.28. The Balaban J connectivity index is 1.39. The maximum atomic E-state index is 12.5. The van der Waals surface area contributed by atoms with E-state index in [1.54, 1.807) is 5.38 Å². The van der Waals surface area contributed by atoms with Crippen LogP contribution in [0.4, 0.5) is 9.93 Å². The molecule has 37 heavy (non-hydrogen) atoms. The van der Waals surface area contributed by atoms with Crippen molar-refractivity contribution in [2.75, 3.05) is 5.32 Å². The highest BCUT2D eigenvalue weighted by Gasteiger charge is 2.23. The molecule has 0 bridgehead atoms. The fourth-order valence-corrected chi connectivity index (χ4v) is 4.13. The number of carbonyl (C=O) groups is 4. The van der Waals surface area contributed by atoms with Crippen molar-refractivity contribution in [3.8, 4) is 0 Å². The summed E-state index contributed by atoms with van der Waals surface area (Å²) in [4.78, 5) is 52.5. The van der Waals surface area contributed by atoms with E-state index >= 15 is 0 Å². The Hall–Kier alpha value is -4.25. The lowest BCUT2D eigenvalue weighted by molar-refractivity contribution is -0.140. The second-order valence-electron chi connectivity index (χ2n) is 8.21. The number of nitrogens with zero attached hydrogens (tertiary/aromatic N) is 1. The van der Waals surface area contributed by atoms with Gasteiger partial charge in [-0.1, -0.05) is 60.7 Å². The lowest BCUT2D eigenvalue weighted by Crippen LogP contribution is -2.47. The van der Waals surface area contributed by atoms with Gasteiger partial charge in [-0.3, -0.25) is 19.7 Å². The number of urea groups is 1. The Kier molecular flexibility index (Phi) is 10.6. The number of carboxylic acids is 1. The number of aryl methyl sites for hydroxylation is 1. The molecule has 11 heteroatoms. The van der Waals surface area contributed by atoms with Crippen molar-refractivity contribution in [3.05, 3.63) is 82.9 Å². The zero-order chi connectivity index (χ0) is 26.5. The van der Waals surface area contributed by atoms with E-state index in [4.69, 9.17) is 5.11 Å². The fraction of sp³-hybridized carbons (Fsp3) is 0.269. The van der Waals surface area contributed by atoms with Crippen LogP contribution in [0.5, 0.6) is 0 Å². The summed E-state index contributed by atoms with van der Waals surface area (Å²) in [5.41, 5.74) is 2.57. The van der Waals surface area contributed by atoms with Gasteiger partial charge in [0, 0.05) is 24.9 Å². The minimum atomic E-state index is -1.18. The van der Waals surface area contributed by atoms with Crippen LogP contribution in [0.2, 0.25) is 0 Å². The number of aromatic nitrogens is 1. The van der Waals surface area contributed by atoms with Crippen molar-refractivity contribution >= 4 is 40.3 Å². The lowest BCUT2D eigenvalue weighted by atomic mass is 10.1. The molecule has 0 saturated carbocycles. The first kappa shape index (κ1) is 27.3. The van der Waals surface area contributed by atoms with Gasteiger partial charge in [0.25, 0.3) is 0 Å². The van der Waals surface area contributed by atoms with Gasteiger partial charge in [0.15, 0.2) is 5.13 Å². The molecule has 0 aliphatic carbocycles. The van der Waals surface area contributed by atoms with Crippen LogP contribution >= 0.6 is 11.3 Å². The molecule has 4 amide bonds. The van der Waals surface area contributed by atoms with E-state index in [2.05, 4.69) is 26.3 Å². The van der Waals surface area contributed by atoms with Crippen LogP contribution in [-0.4, -0.2) is 39.9 Å². The Morgan fingerprint density at radius 3 is 2.14 bits per heavy atom. The third-order valence-corrected chi connectivity index (χ3v) is 6.05. The lowest BCUT2D eigenvalue weighted by Gasteiger charge is -2.17. The first-order valence-electron chi connectivity index (χ1n) is 11.7. The highest BCUT2D eigenvalue weighted by atomic mass is 32.1. The number of amides is 4. The molecule has 0 aliphatic rings. The molecule has 2 aromatic carbocycles. The maximum absolute atomic E-state index is 12.5. The van der Waals surface area contributed by atoms with E-state index in [1.165, 1.54) is 11.3 Å². The smallest absolute Gasteiger partial charge is 0.321 e. The first-order chi connectivity index (χ1) is 17.9. The molecule has 0 saturated heterocycles. The average molecular weight is 524 g/mol. The van der Waals surface area contributed by atoms with E-state index in [9.17, 15) is 19.2 Å². The number of rotatable bonds is 13. The van der Waals surface area contributed by atoms with E-state index in [0.29, 0.717) is 24.5 Å². The molecule has 0 unspecified atom stereocenters. The summed E-state index contributed by atoms with van der Waals surface area (Å²) in [6.07, 6.45) is 0.515. The van der Waals surface area contributed by atoms with Crippen molar-refractivity contribution < 1.29 is 24.3 Å². The Labute approximate surface area is 218 Å². The van der Waals surface area contributed by atoms with Crippen molar-refractivity contribution in [1.29, 1.82) is 0 Å². The standard InChI is InChI=1S/C26H29N5O5S/c32-22(30-21(14-23(33)34)24(35)27-15-18-8-3-1-4-9-18)13-7-12-20-17-37-26(29-20)31-25(36)28-16-19-10-5-2-6-11-19/h1-6,8-11,17,21H,7,12-16H2,(H,27,35)(H,30,32)(H,33,34)(H2,28,29,31,36)/t21-/m0/s1. The third kappa shape index (κ3) is 10.1. The topological polar surface area (TPSA) is 150 Å². The van der Waals surface area contributed by atoms with Crippen molar-refractivity contribution in [1.82, 2.24) is 20.9 Å². The van der Waals surface area contributed by atoms with Gasteiger partial charge in [0.2, 0.25) is 11.8 Å². The number of thiazole rings is 1. The molecule has 10 nitrogen and oxygen atoms in total. The second kappa shape index (κ2) is 14.3. The molecular weight excluding hydrogens is 494 g/mol. The predicted octanol–water partition coefficient (Wildman–Crippen LogP) is 3.06. The van der Waals surface area contributed by atoms with Crippen molar-refractivity contribution in [3.63, 3.8) is 0 Å². The van der Waals surface area contributed by atoms with E-state index in [1.807, 2.05) is 60.7 Å². The molecule has 3 rings (SSSR count). The molecule has 1 atom stereocenters. The van der Waals surface area contributed by atoms with Crippen molar-refractivity contribution in [2.45, 2.75) is 44.8 Å². The van der Waals surface area contributed by atoms with Crippen molar-refractivity contribution in [2.24, 2.45) is 0 Å².